The normalized spacial score (nSPS) is 26.9. The fourth-order valence-corrected chi connectivity index (χ4v) is 3.08. The zero-order valence-corrected chi connectivity index (χ0v) is 10.9. The summed E-state index contributed by atoms with van der Waals surface area (Å²) < 4.78 is 11.3. The molecular weight excluding hydrogens is 226 g/mol. The number of nitrogens with one attached hydrogen (secondary N) is 1. The van der Waals surface area contributed by atoms with E-state index in [1.807, 2.05) is 0 Å². The number of hydrogen-bond acceptors (Lipinski definition) is 3. The molecule has 1 aromatic rings. The van der Waals surface area contributed by atoms with Crippen LogP contribution in [0.3, 0.4) is 0 Å². The number of fused-ring (bicyclic) bond motifs is 1. The lowest BCUT2D eigenvalue weighted by Crippen LogP contribution is -2.35. The number of benzene rings is 1. The SMILES string of the molecule is CCC1CNCCC1c1ccc2c(c1)OCCO2. The third kappa shape index (κ3) is 2.19. The van der Waals surface area contributed by atoms with Gasteiger partial charge >= 0.3 is 0 Å². The highest BCUT2D eigenvalue weighted by atomic mass is 16.6. The predicted molar refractivity (Wildman–Crippen MR) is 71.4 cm³/mol. The van der Waals surface area contributed by atoms with E-state index in [0.717, 1.165) is 30.5 Å². The molecule has 2 aliphatic heterocycles. The summed E-state index contributed by atoms with van der Waals surface area (Å²) in [4.78, 5) is 0. The number of hydrogen-bond donors (Lipinski definition) is 1. The van der Waals surface area contributed by atoms with Gasteiger partial charge in [-0.1, -0.05) is 19.4 Å². The molecule has 0 radical (unpaired) electrons. The van der Waals surface area contributed by atoms with E-state index in [1.165, 1.54) is 18.4 Å². The molecule has 0 saturated carbocycles. The van der Waals surface area contributed by atoms with Gasteiger partial charge in [0, 0.05) is 0 Å². The number of rotatable bonds is 2. The van der Waals surface area contributed by atoms with E-state index in [4.69, 9.17) is 9.47 Å². The van der Waals surface area contributed by atoms with E-state index in [0.29, 0.717) is 19.1 Å². The Kier molecular flexibility index (Phi) is 3.41. The van der Waals surface area contributed by atoms with Crippen molar-refractivity contribution in [2.24, 2.45) is 5.92 Å². The fourth-order valence-electron chi connectivity index (χ4n) is 3.08. The van der Waals surface area contributed by atoms with E-state index in [2.05, 4.69) is 30.4 Å². The number of ether oxygens (including phenoxy) is 2. The minimum atomic E-state index is 0.659. The van der Waals surface area contributed by atoms with Gasteiger partial charge in [0.1, 0.15) is 13.2 Å². The van der Waals surface area contributed by atoms with Crippen LogP contribution in [-0.2, 0) is 0 Å². The molecule has 1 saturated heterocycles. The second kappa shape index (κ2) is 5.19. The maximum atomic E-state index is 5.68. The predicted octanol–water partition coefficient (Wildman–Crippen LogP) is 2.56. The van der Waals surface area contributed by atoms with Gasteiger partial charge in [0.05, 0.1) is 0 Å². The van der Waals surface area contributed by atoms with Crippen molar-refractivity contribution in [3.05, 3.63) is 23.8 Å². The van der Waals surface area contributed by atoms with Crippen LogP contribution in [0.2, 0.25) is 0 Å². The summed E-state index contributed by atoms with van der Waals surface area (Å²) in [7, 11) is 0. The first-order valence-corrected chi connectivity index (χ1v) is 6.98. The van der Waals surface area contributed by atoms with Gasteiger partial charge < -0.3 is 14.8 Å². The van der Waals surface area contributed by atoms with E-state index < -0.39 is 0 Å². The minimum Gasteiger partial charge on any atom is -0.486 e. The largest absolute Gasteiger partial charge is 0.486 e. The fraction of sp³-hybridized carbons (Fsp3) is 0.600. The summed E-state index contributed by atoms with van der Waals surface area (Å²) in [5.41, 5.74) is 1.41. The van der Waals surface area contributed by atoms with Crippen LogP contribution in [0.5, 0.6) is 11.5 Å². The Balaban J connectivity index is 1.86. The number of piperidine rings is 1. The molecule has 3 nitrogen and oxygen atoms in total. The topological polar surface area (TPSA) is 30.5 Å². The molecule has 2 atom stereocenters. The van der Waals surface area contributed by atoms with E-state index in [1.54, 1.807) is 0 Å². The van der Waals surface area contributed by atoms with Gasteiger partial charge in [-0.2, -0.15) is 0 Å². The highest BCUT2D eigenvalue weighted by molar-refractivity contribution is 5.45. The van der Waals surface area contributed by atoms with Crippen LogP contribution in [0.15, 0.2) is 18.2 Å². The quantitative estimate of drug-likeness (QED) is 0.871. The standard InChI is InChI=1S/C15H21NO2/c1-2-11-10-16-6-5-13(11)12-3-4-14-15(9-12)18-8-7-17-14/h3-4,9,11,13,16H,2,5-8,10H2,1H3. The second-order valence-electron chi connectivity index (χ2n) is 5.17. The van der Waals surface area contributed by atoms with Gasteiger partial charge in [0.25, 0.3) is 0 Å². The van der Waals surface area contributed by atoms with Crippen molar-refractivity contribution in [3.63, 3.8) is 0 Å². The van der Waals surface area contributed by atoms with Crippen LogP contribution in [0.25, 0.3) is 0 Å². The summed E-state index contributed by atoms with van der Waals surface area (Å²) in [6, 6.07) is 6.47. The van der Waals surface area contributed by atoms with Gasteiger partial charge in [0.15, 0.2) is 11.5 Å². The molecule has 0 amide bonds. The smallest absolute Gasteiger partial charge is 0.161 e. The first kappa shape index (κ1) is 11.8. The van der Waals surface area contributed by atoms with Crippen LogP contribution in [-0.4, -0.2) is 26.3 Å². The third-order valence-electron chi connectivity index (χ3n) is 4.13. The molecule has 0 bridgehead atoms. The van der Waals surface area contributed by atoms with Crippen molar-refractivity contribution < 1.29 is 9.47 Å². The van der Waals surface area contributed by atoms with Crippen LogP contribution in [0.1, 0.15) is 31.2 Å². The molecule has 3 rings (SSSR count). The third-order valence-corrected chi connectivity index (χ3v) is 4.13. The Hall–Kier alpha value is -1.22. The van der Waals surface area contributed by atoms with Gasteiger partial charge in [-0.05, 0) is 49.0 Å². The average molecular weight is 247 g/mol. The molecular formula is C15H21NO2. The molecule has 18 heavy (non-hydrogen) atoms. The highest BCUT2D eigenvalue weighted by Gasteiger charge is 2.26. The van der Waals surface area contributed by atoms with E-state index in [-0.39, 0.29) is 0 Å². The zero-order chi connectivity index (χ0) is 12.4. The molecule has 1 fully saturated rings. The second-order valence-corrected chi connectivity index (χ2v) is 5.17. The highest BCUT2D eigenvalue weighted by Crippen LogP contribution is 2.38. The minimum absolute atomic E-state index is 0.659. The first-order valence-electron chi connectivity index (χ1n) is 6.98. The molecule has 2 aliphatic rings. The van der Waals surface area contributed by atoms with Crippen molar-refractivity contribution in [3.8, 4) is 11.5 Å². The molecule has 2 heterocycles. The molecule has 0 spiro atoms. The van der Waals surface area contributed by atoms with Crippen LogP contribution < -0.4 is 14.8 Å². The van der Waals surface area contributed by atoms with Gasteiger partial charge in [-0.3, -0.25) is 0 Å². The summed E-state index contributed by atoms with van der Waals surface area (Å²) in [6.07, 6.45) is 2.45. The summed E-state index contributed by atoms with van der Waals surface area (Å²) in [6.45, 7) is 5.87. The Labute approximate surface area is 108 Å². The zero-order valence-electron chi connectivity index (χ0n) is 10.9. The van der Waals surface area contributed by atoms with Gasteiger partial charge in [-0.25, -0.2) is 0 Å². The summed E-state index contributed by atoms with van der Waals surface area (Å²) >= 11 is 0. The van der Waals surface area contributed by atoms with Crippen molar-refractivity contribution in [2.45, 2.75) is 25.7 Å². The molecule has 2 unspecified atom stereocenters. The Bertz CT molecular complexity index is 419. The van der Waals surface area contributed by atoms with Crippen molar-refractivity contribution in [1.82, 2.24) is 5.32 Å². The maximum absolute atomic E-state index is 5.68. The van der Waals surface area contributed by atoms with Crippen LogP contribution >= 0.6 is 0 Å². The molecule has 1 N–H and O–H groups in total. The van der Waals surface area contributed by atoms with Crippen LogP contribution in [0.4, 0.5) is 0 Å². The summed E-state index contributed by atoms with van der Waals surface area (Å²) in [5, 5.41) is 3.49. The van der Waals surface area contributed by atoms with Crippen molar-refractivity contribution >= 4 is 0 Å². The van der Waals surface area contributed by atoms with Crippen molar-refractivity contribution in [2.75, 3.05) is 26.3 Å². The average Bonchev–Trinajstić information content (AvgIpc) is 2.46. The van der Waals surface area contributed by atoms with E-state index in [9.17, 15) is 0 Å². The monoisotopic (exact) mass is 247 g/mol. The summed E-state index contributed by atoms with van der Waals surface area (Å²) in [5.74, 6) is 3.22. The molecule has 98 valence electrons. The van der Waals surface area contributed by atoms with Crippen molar-refractivity contribution in [1.29, 1.82) is 0 Å². The lowest BCUT2D eigenvalue weighted by atomic mass is 9.80. The lowest BCUT2D eigenvalue weighted by Gasteiger charge is -2.32. The Morgan fingerprint density at radius 1 is 1.22 bits per heavy atom. The molecule has 1 aromatic carbocycles. The Morgan fingerprint density at radius 3 is 2.89 bits per heavy atom. The van der Waals surface area contributed by atoms with Crippen LogP contribution in [0, 0.1) is 5.92 Å². The lowest BCUT2D eigenvalue weighted by molar-refractivity contribution is 0.171. The maximum Gasteiger partial charge on any atom is 0.161 e. The van der Waals surface area contributed by atoms with E-state index >= 15 is 0 Å². The molecule has 0 aliphatic carbocycles. The van der Waals surface area contributed by atoms with Gasteiger partial charge in [-0.15, -0.1) is 0 Å². The Morgan fingerprint density at radius 2 is 2.06 bits per heavy atom. The molecule has 3 heteroatoms. The first-order chi connectivity index (χ1) is 8.88. The van der Waals surface area contributed by atoms with Gasteiger partial charge in [0.2, 0.25) is 0 Å². The molecule has 0 aromatic heterocycles.